The lowest BCUT2D eigenvalue weighted by atomic mass is 9.95. The van der Waals surface area contributed by atoms with E-state index in [9.17, 15) is 27.2 Å². The molecule has 3 N–H and O–H groups in total. The Morgan fingerprint density at radius 3 is 2.37 bits per heavy atom. The number of benzene rings is 2. The third-order valence-electron chi connectivity index (χ3n) is 6.82. The van der Waals surface area contributed by atoms with Crippen molar-refractivity contribution in [3.8, 4) is 0 Å². The van der Waals surface area contributed by atoms with Crippen molar-refractivity contribution in [1.82, 2.24) is 4.90 Å². The number of amides is 2. The van der Waals surface area contributed by atoms with Crippen molar-refractivity contribution in [3.63, 3.8) is 0 Å². The van der Waals surface area contributed by atoms with Crippen molar-refractivity contribution >= 4 is 28.9 Å². The molecule has 10 heteroatoms. The Morgan fingerprint density at radius 2 is 1.80 bits per heavy atom. The zero-order chi connectivity index (χ0) is 25.3. The second kappa shape index (κ2) is 9.75. The number of carbonyl (C=O) groups excluding carboxylic acids is 2. The van der Waals surface area contributed by atoms with Crippen molar-refractivity contribution in [3.05, 3.63) is 53.3 Å². The van der Waals surface area contributed by atoms with Crippen LogP contribution in [0.2, 0.25) is 0 Å². The van der Waals surface area contributed by atoms with Gasteiger partial charge in [-0.15, -0.1) is 0 Å². The molecule has 0 spiro atoms. The van der Waals surface area contributed by atoms with Crippen LogP contribution in [0.5, 0.6) is 0 Å². The average Bonchev–Trinajstić information content (AvgIpc) is 3.17. The molecule has 35 heavy (non-hydrogen) atoms. The standard InChI is InChI=1S/C25H28F4N4O2/c1-15-10-22(32-8-6-18(7-9-32)25(27,28)29)20(26)12-21(15)31-19-4-2-16(3-5-19)13-33-14-17(24(30)35)11-23(33)34/h2-5,10,12,17-18,31H,6-9,11,13-14H2,1H3,(H2,30,35). The van der Waals surface area contributed by atoms with E-state index in [1.54, 1.807) is 15.9 Å². The quantitative estimate of drug-likeness (QED) is 0.583. The molecule has 0 aliphatic carbocycles. The second-order valence-electron chi connectivity index (χ2n) is 9.32. The summed E-state index contributed by atoms with van der Waals surface area (Å²) in [5.41, 5.74) is 8.55. The first-order valence-corrected chi connectivity index (χ1v) is 11.6. The van der Waals surface area contributed by atoms with Crippen LogP contribution in [0.4, 0.5) is 34.6 Å². The van der Waals surface area contributed by atoms with Gasteiger partial charge in [0.2, 0.25) is 11.8 Å². The minimum Gasteiger partial charge on any atom is -0.369 e. The largest absolute Gasteiger partial charge is 0.391 e. The number of nitrogens with zero attached hydrogens (tertiary/aromatic N) is 2. The van der Waals surface area contributed by atoms with Gasteiger partial charge in [-0.1, -0.05) is 12.1 Å². The summed E-state index contributed by atoms with van der Waals surface area (Å²) in [5, 5.41) is 3.17. The Bertz CT molecular complexity index is 1100. The number of rotatable bonds is 6. The van der Waals surface area contributed by atoms with Crippen molar-refractivity contribution in [1.29, 1.82) is 0 Å². The predicted octanol–water partition coefficient (Wildman–Crippen LogP) is 4.49. The summed E-state index contributed by atoms with van der Waals surface area (Å²) in [7, 11) is 0. The maximum absolute atomic E-state index is 14.9. The number of nitrogens with one attached hydrogen (secondary N) is 1. The van der Waals surface area contributed by atoms with Crippen LogP contribution in [-0.2, 0) is 16.1 Å². The van der Waals surface area contributed by atoms with Gasteiger partial charge in [-0.3, -0.25) is 9.59 Å². The zero-order valence-corrected chi connectivity index (χ0v) is 19.4. The van der Waals surface area contributed by atoms with E-state index in [4.69, 9.17) is 5.73 Å². The van der Waals surface area contributed by atoms with Crippen LogP contribution in [0.1, 0.15) is 30.4 Å². The Labute approximate surface area is 201 Å². The van der Waals surface area contributed by atoms with E-state index in [-0.39, 0.29) is 38.3 Å². The molecule has 2 aliphatic heterocycles. The number of halogens is 4. The number of carbonyl (C=O) groups is 2. The number of hydrogen-bond donors (Lipinski definition) is 2. The smallest absolute Gasteiger partial charge is 0.369 e. The molecule has 188 valence electrons. The van der Waals surface area contributed by atoms with E-state index in [0.717, 1.165) is 16.8 Å². The molecule has 1 atom stereocenters. The van der Waals surface area contributed by atoms with E-state index in [2.05, 4.69) is 5.32 Å². The van der Waals surface area contributed by atoms with Crippen LogP contribution in [-0.4, -0.2) is 42.5 Å². The van der Waals surface area contributed by atoms with Gasteiger partial charge >= 0.3 is 6.18 Å². The van der Waals surface area contributed by atoms with Gasteiger partial charge in [-0.05, 0) is 55.2 Å². The number of hydrogen-bond acceptors (Lipinski definition) is 4. The summed E-state index contributed by atoms with van der Waals surface area (Å²) >= 11 is 0. The van der Waals surface area contributed by atoms with E-state index >= 15 is 0 Å². The van der Waals surface area contributed by atoms with Gasteiger partial charge in [0, 0.05) is 44.0 Å². The van der Waals surface area contributed by atoms with Crippen molar-refractivity contribution in [2.75, 3.05) is 29.9 Å². The van der Waals surface area contributed by atoms with E-state index in [0.29, 0.717) is 24.5 Å². The van der Waals surface area contributed by atoms with Crippen molar-refractivity contribution < 1.29 is 27.2 Å². The van der Waals surface area contributed by atoms with Gasteiger partial charge in [-0.25, -0.2) is 4.39 Å². The molecule has 2 heterocycles. The average molecular weight is 493 g/mol. The number of aryl methyl sites for hydroxylation is 1. The van der Waals surface area contributed by atoms with Crippen LogP contribution < -0.4 is 16.0 Å². The second-order valence-corrected chi connectivity index (χ2v) is 9.32. The van der Waals surface area contributed by atoms with E-state index in [1.807, 2.05) is 31.2 Å². The zero-order valence-electron chi connectivity index (χ0n) is 19.4. The lowest BCUT2D eigenvalue weighted by Crippen LogP contribution is -2.39. The number of likely N-dealkylation sites (tertiary alicyclic amines) is 1. The molecule has 2 fully saturated rings. The number of nitrogens with two attached hydrogens (primary N) is 1. The van der Waals surface area contributed by atoms with Crippen LogP contribution in [0.25, 0.3) is 0 Å². The van der Waals surface area contributed by atoms with Crippen molar-refractivity contribution in [2.24, 2.45) is 17.6 Å². The monoisotopic (exact) mass is 492 g/mol. The number of primary amides is 1. The van der Waals surface area contributed by atoms with Crippen LogP contribution in [0, 0.1) is 24.6 Å². The van der Waals surface area contributed by atoms with Crippen molar-refractivity contribution in [2.45, 2.75) is 38.9 Å². The fourth-order valence-electron chi connectivity index (χ4n) is 4.68. The Balaban J connectivity index is 1.39. The Morgan fingerprint density at radius 1 is 1.14 bits per heavy atom. The van der Waals surface area contributed by atoms with Gasteiger partial charge < -0.3 is 20.9 Å². The normalized spacial score (nSPS) is 19.3. The highest BCUT2D eigenvalue weighted by Crippen LogP contribution is 2.37. The Kier molecular flexibility index (Phi) is 6.91. The summed E-state index contributed by atoms with van der Waals surface area (Å²) < 4.78 is 53.7. The van der Waals surface area contributed by atoms with Crippen LogP contribution >= 0.6 is 0 Å². The predicted molar refractivity (Wildman–Crippen MR) is 125 cm³/mol. The minimum atomic E-state index is -4.21. The highest BCUT2D eigenvalue weighted by atomic mass is 19.4. The number of anilines is 3. The molecule has 1 unspecified atom stereocenters. The lowest BCUT2D eigenvalue weighted by molar-refractivity contribution is -0.179. The summed E-state index contributed by atoms with van der Waals surface area (Å²) in [4.78, 5) is 26.7. The van der Waals surface area contributed by atoms with E-state index < -0.39 is 29.7 Å². The topological polar surface area (TPSA) is 78.7 Å². The van der Waals surface area contributed by atoms with Gasteiger partial charge in [0.25, 0.3) is 0 Å². The number of alkyl halides is 3. The highest BCUT2D eigenvalue weighted by molar-refractivity contribution is 5.88. The lowest BCUT2D eigenvalue weighted by Gasteiger charge is -2.34. The minimum absolute atomic E-state index is 0.0411. The maximum Gasteiger partial charge on any atom is 0.391 e. The SMILES string of the molecule is Cc1cc(N2CCC(C(F)(F)F)CC2)c(F)cc1Nc1ccc(CN2CC(C(N)=O)CC2=O)cc1. The third kappa shape index (κ3) is 5.68. The third-order valence-corrected chi connectivity index (χ3v) is 6.82. The van der Waals surface area contributed by atoms with Crippen LogP contribution in [0.3, 0.4) is 0 Å². The summed E-state index contributed by atoms with van der Waals surface area (Å²) in [6.07, 6.45) is -4.16. The molecule has 6 nitrogen and oxygen atoms in total. The van der Waals surface area contributed by atoms with Gasteiger partial charge in [0.15, 0.2) is 0 Å². The highest BCUT2D eigenvalue weighted by Gasteiger charge is 2.41. The fraction of sp³-hybridized carbons (Fsp3) is 0.440. The molecule has 4 rings (SSSR count). The molecule has 0 aromatic heterocycles. The molecule has 2 saturated heterocycles. The summed E-state index contributed by atoms with van der Waals surface area (Å²) in [6, 6.07) is 10.3. The van der Waals surface area contributed by atoms with E-state index in [1.165, 1.54) is 6.07 Å². The molecule has 0 bridgehead atoms. The number of piperidine rings is 1. The molecular weight excluding hydrogens is 464 g/mol. The molecular formula is C25H28F4N4O2. The summed E-state index contributed by atoms with van der Waals surface area (Å²) in [5.74, 6) is -2.86. The molecule has 0 saturated carbocycles. The molecule has 0 radical (unpaired) electrons. The fourth-order valence-corrected chi connectivity index (χ4v) is 4.68. The molecule has 2 amide bonds. The van der Waals surface area contributed by atoms with Crippen LogP contribution in [0.15, 0.2) is 36.4 Å². The Hall–Kier alpha value is -3.30. The maximum atomic E-state index is 14.9. The summed E-state index contributed by atoms with van der Waals surface area (Å²) in [6.45, 7) is 2.82. The molecule has 2 aromatic carbocycles. The van der Waals surface area contributed by atoms with Gasteiger partial charge in [-0.2, -0.15) is 13.2 Å². The molecule has 2 aromatic rings. The van der Waals surface area contributed by atoms with Gasteiger partial charge in [0.1, 0.15) is 5.82 Å². The first kappa shape index (κ1) is 24.8. The first-order chi connectivity index (χ1) is 16.5. The van der Waals surface area contributed by atoms with Gasteiger partial charge in [0.05, 0.1) is 17.5 Å². The molecule has 2 aliphatic rings. The first-order valence-electron chi connectivity index (χ1n) is 11.6.